The number of hydrogen-bond donors (Lipinski definition) is 1. The van der Waals surface area contributed by atoms with E-state index in [1.165, 1.54) is 23.9 Å². The van der Waals surface area contributed by atoms with Gasteiger partial charge in [0.25, 0.3) is 0 Å². The largest absolute Gasteiger partial charge is 0.349 e. The first-order valence-corrected chi connectivity index (χ1v) is 8.22. The molecule has 0 aliphatic rings. The maximum absolute atomic E-state index is 12.9. The molecule has 0 saturated heterocycles. The first kappa shape index (κ1) is 17.4. The Labute approximate surface area is 138 Å². The van der Waals surface area contributed by atoms with Gasteiger partial charge < -0.3 is 5.32 Å². The zero-order valence-corrected chi connectivity index (χ0v) is 14.4. The maximum Gasteiger partial charge on any atom is 0.230 e. The molecule has 1 heterocycles. The van der Waals surface area contributed by atoms with Gasteiger partial charge >= 0.3 is 0 Å². The highest BCUT2D eigenvalue weighted by Crippen LogP contribution is 2.21. The molecule has 2 rings (SSSR count). The fraction of sp³-hybridized carbons (Fsp3) is 0.467. The number of tetrazole rings is 1. The van der Waals surface area contributed by atoms with Gasteiger partial charge in [-0.25, -0.2) is 9.07 Å². The first-order chi connectivity index (χ1) is 10.8. The molecule has 1 amide bonds. The predicted molar refractivity (Wildman–Crippen MR) is 86.5 cm³/mol. The van der Waals surface area contributed by atoms with E-state index in [1.807, 2.05) is 27.7 Å². The van der Waals surface area contributed by atoms with E-state index in [9.17, 15) is 9.18 Å². The molecule has 0 fully saturated rings. The summed E-state index contributed by atoms with van der Waals surface area (Å²) in [6.45, 7) is 7.83. The number of nitrogens with zero attached hydrogens (tertiary/aromatic N) is 4. The number of nitrogens with one attached hydrogen (secondary N) is 1. The lowest BCUT2D eigenvalue weighted by Crippen LogP contribution is -2.29. The van der Waals surface area contributed by atoms with Gasteiger partial charge in [-0.15, -0.1) is 5.10 Å². The SMILES string of the molecule is CC(NC(=O)CSc1nnnn1C(C)(C)C)c1ccc(F)cc1. The molecule has 6 nitrogen and oxygen atoms in total. The summed E-state index contributed by atoms with van der Waals surface area (Å²) in [5.41, 5.74) is 0.605. The molecular weight excluding hydrogens is 317 g/mol. The van der Waals surface area contributed by atoms with Crippen LogP contribution in [0, 0.1) is 5.82 Å². The summed E-state index contributed by atoms with van der Waals surface area (Å²) >= 11 is 1.28. The summed E-state index contributed by atoms with van der Waals surface area (Å²) in [5.74, 6) is -0.214. The molecule has 124 valence electrons. The van der Waals surface area contributed by atoms with E-state index in [0.29, 0.717) is 5.16 Å². The number of amides is 1. The summed E-state index contributed by atoms with van der Waals surface area (Å²) in [4.78, 5) is 12.1. The molecule has 0 radical (unpaired) electrons. The molecule has 23 heavy (non-hydrogen) atoms. The highest BCUT2D eigenvalue weighted by Gasteiger charge is 2.21. The monoisotopic (exact) mass is 337 g/mol. The first-order valence-electron chi connectivity index (χ1n) is 7.24. The van der Waals surface area contributed by atoms with Crippen molar-refractivity contribution >= 4 is 17.7 Å². The Kier molecular flexibility index (Phi) is 5.35. The van der Waals surface area contributed by atoms with E-state index < -0.39 is 0 Å². The molecule has 0 aliphatic heterocycles. The van der Waals surface area contributed by atoms with E-state index in [1.54, 1.807) is 16.8 Å². The molecule has 1 aromatic heterocycles. The summed E-state index contributed by atoms with van der Waals surface area (Å²) in [6, 6.07) is 5.89. The van der Waals surface area contributed by atoms with Crippen LogP contribution in [-0.2, 0) is 10.3 Å². The van der Waals surface area contributed by atoms with Crippen molar-refractivity contribution in [2.75, 3.05) is 5.75 Å². The van der Waals surface area contributed by atoms with Gasteiger partial charge in [0.15, 0.2) is 0 Å². The minimum absolute atomic E-state index is 0.129. The van der Waals surface area contributed by atoms with E-state index in [2.05, 4.69) is 20.8 Å². The van der Waals surface area contributed by atoms with Gasteiger partial charge in [0.2, 0.25) is 11.1 Å². The summed E-state index contributed by atoms with van der Waals surface area (Å²) in [6.07, 6.45) is 0. The smallest absolute Gasteiger partial charge is 0.230 e. The Morgan fingerprint density at radius 2 is 2.00 bits per heavy atom. The molecule has 1 N–H and O–H groups in total. The number of carbonyl (C=O) groups is 1. The van der Waals surface area contributed by atoms with Crippen molar-refractivity contribution in [1.82, 2.24) is 25.5 Å². The zero-order valence-electron chi connectivity index (χ0n) is 13.6. The van der Waals surface area contributed by atoms with Crippen LogP contribution in [0.15, 0.2) is 29.4 Å². The molecule has 1 unspecified atom stereocenters. The third-order valence-electron chi connectivity index (χ3n) is 3.16. The van der Waals surface area contributed by atoms with Crippen molar-refractivity contribution in [2.24, 2.45) is 0 Å². The van der Waals surface area contributed by atoms with Crippen molar-refractivity contribution in [1.29, 1.82) is 0 Å². The average molecular weight is 337 g/mol. The Hall–Kier alpha value is -1.96. The molecular formula is C15H20FN5OS. The van der Waals surface area contributed by atoms with Gasteiger partial charge in [0.1, 0.15) is 5.82 Å². The number of aromatic nitrogens is 4. The second kappa shape index (κ2) is 7.08. The van der Waals surface area contributed by atoms with Gasteiger partial charge in [-0.2, -0.15) is 0 Å². The highest BCUT2D eigenvalue weighted by molar-refractivity contribution is 7.99. The minimum Gasteiger partial charge on any atom is -0.349 e. The standard InChI is InChI=1S/C15H20FN5OS/c1-10(11-5-7-12(16)8-6-11)17-13(22)9-23-14-18-19-20-21(14)15(2,3)4/h5-8,10H,9H2,1-4H3,(H,17,22). The fourth-order valence-corrected chi connectivity index (χ4v) is 2.81. The van der Waals surface area contributed by atoms with Crippen molar-refractivity contribution in [3.05, 3.63) is 35.6 Å². The quantitative estimate of drug-likeness (QED) is 0.849. The number of thioether (sulfide) groups is 1. The molecule has 1 aromatic carbocycles. The van der Waals surface area contributed by atoms with Crippen molar-refractivity contribution in [2.45, 2.75) is 44.4 Å². The second-order valence-corrected chi connectivity index (χ2v) is 7.12. The lowest BCUT2D eigenvalue weighted by atomic mass is 10.1. The van der Waals surface area contributed by atoms with Gasteiger partial charge in [-0.1, -0.05) is 23.9 Å². The van der Waals surface area contributed by atoms with Crippen molar-refractivity contribution in [3.8, 4) is 0 Å². The van der Waals surface area contributed by atoms with Crippen LogP contribution in [0.2, 0.25) is 0 Å². The van der Waals surface area contributed by atoms with E-state index in [4.69, 9.17) is 0 Å². The zero-order chi connectivity index (χ0) is 17.0. The highest BCUT2D eigenvalue weighted by atomic mass is 32.2. The van der Waals surface area contributed by atoms with Gasteiger partial charge in [0.05, 0.1) is 17.3 Å². The van der Waals surface area contributed by atoms with Crippen LogP contribution < -0.4 is 5.32 Å². The van der Waals surface area contributed by atoms with E-state index in [-0.39, 0.29) is 29.1 Å². The Morgan fingerprint density at radius 3 is 2.61 bits per heavy atom. The van der Waals surface area contributed by atoms with Gasteiger partial charge in [-0.3, -0.25) is 4.79 Å². The van der Waals surface area contributed by atoms with E-state index >= 15 is 0 Å². The Balaban J connectivity index is 1.91. The molecule has 2 aromatic rings. The number of hydrogen-bond acceptors (Lipinski definition) is 5. The number of benzene rings is 1. The minimum atomic E-state index is -0.295. The third kappa shape index (κ3) is 4.75. The van der Waals surface area contributed by atoms with Crippen molar-refractivity contribution < 1.29 is 9.18 Å². The second-order valence-electron chi connectivity index (χ2n) is 6.17. The van der Waals surface area contributed by atoms with Crippen LogP contribution in [0.5, 0.6) is 0 Å². The Morgan fingerprint density at radius 1 is 1.35 bits per heavy atom. The number of rotatable bonds is 5. The topological polar surface area (TPSA) is 72.7 Å². The average Bonchev–Trinajstić information content (AvgIpc) is 2.94. The van der Waals surface area contributed by atoms with E-state index in [0.717, 1.165) is 5.56 Å². The van der Waals surface area contributed by atoms with Crippen molar-refractivity contribution in [3.63, 3.8) is 0 Å². The fourth-order valence-electron chi connectivity index (χ4n) is 1.94. The van der Waals surface area contributed by atoms with Crippen LogP contribution in [-0.4, -0.2) is 31.9 Å². The summed E-state index contributed by atoms with van der Waals surface area (Å²) < 4.78 is 14.6. The van der Waals surface area contributed by atoms with Crippen LogP contribution in [0.3, 0.4) is 0 Å². The molecule has 0 bridgehead atoms. The number of carbonyl (C=O) groups excluding carboxylic acids is 1. The lowest BCUT2D eigenvalue weighted by molar-refractivity contribution is -0.119. The predicted octanol–water partition coefficient (Wildman–Crippen LogP) is 2.54. The maximum atomic E-state index is 12.9. The lowest BCUT2D eigenvalue weighted by Gasteiger charge is -2.19. The molecule has 8 heteroatoms. The molecule has 1 atom stereocenters. The normalized spacial score (nSPS) is 12.9. The molecule has 0 spiro atoms. The summed E-state index contributed by atoms with van der Waals surface area (Å²) in [5, 5.41) is 15.0. The van der Waals surface area contributed by atoms with Crippen LogP contribution in [0.1, 0.15) is 39.3 Å². The van der Waals surface area contributed by atoms with Gasteiger partial charge in [0, 0.05) is 0 Å². The van der Waals surface area contributed by atoms with Crippen LogP contribution >= 0.6 is 11.8 Å². The van der Waals surface area contributed by atoms with Crippen LogP contribution in [0.25, 0.3) is 0 Å². The third-order valence-corrected chi connectivity index (χ3v) is 4.08. The summed E-state index contributed by atoms with van der Waals surface area (Å²) in [7, 11) is 0. The molecule has 0 aliphatic carbocycles. The van der Waals surface area contributed by atoms with Crippen LogP contribution in [0.4, 0.5) is 4.39 Å². The molecule has 0 saturated carbocycles. The Bertz CT molecular complexity index is 665. The number of halogens is 1. The van der Waals surface area contributed by atoms with Gasteiger partial charge in [-0.05, 0) is 55.8 Å².